The Labute approximate surface area is 189 Å². The Morgan fingerprint density at radius 3 is 2.09 bits per heavy atom. The molecule has 4 aromatic rings. The summed E-state index contributed by atoms with van der Waals surface area (Å²) in [6.45, 7) is 7.26. The lowest BCUT2D eigenvalue weighted by molar-refractivity contribution is 0.301. The number of hydrogen-bond acceptors (Lipinski definition) is 5. The Kier molecular flexibility index (Phi) is 6.17. The van der Waals surface area contributed by atoms with E-state index in [1.54, 1.807) is 18.6 Å². The second-order valence-electron chi connectivity index (χ2n) is 8.40. The average molecular weight is 425 g/mol. The van der Waals surface area contributed by atoms with Gasteiger partial charge in [-0.3, -0.25) is 9.97 Å². The van der Waals surface area contributed by atoms with E-state index in [2.05, 4.69) is 72.1 Å². The van der Waals surface area contributed by atoms with Crippen molar-refractivity contribution in [2.24, 2.45) is 5.92 Å². The van der Waals surface area contributed by atoms with Crippen LogP contribution in [0.1, 0.15) is 37.6 Å². The van der Waals surface area contributed by atoms with E-state index in [9.17, 15) is 0 Å². The Bertz CT molecular complexity index is 1140. The highest BCUT2D eigenvalue weighted by Crippen LogP contribution is 2.40. The number of anilines is 1. The molecule has 2 heterocycles. The molecular formula is C27H28N4O. The molecule has 0 saturated carbocycles. The monoisotopic (exact) mass is 424 g/mol. The molecule has 0 aliphatic rings. The van der Waals surface area contributed by atoms with E-state index in [1.807, 2.05) is 30.3 Å². The molecule has 0 aliphatic heterocycles. The molecule has 1 unspecified atom stereocenters. The highest BCUT2D eigenvalue weighted by Gasteiger charge is 2.32. The summed E-state index contributed by atoms with van der Waals surface area (Å²) >= 11 is 0. The van der Waals surface area contributed by atoms with Crippen molar-refractivity contribution in [3.8, 4) is 17.0 Å². The smallest absolute Gasteiger partial charge is 0.141 e. The summed E-state index contributed by atoms with van der Waals surface area (Å²) < 4.78 is 5.91. The molecule has 0 fully saturated rings. The zero-order valence-electron chi connectivity index (χ0n) is 18.7. The molecule has 2 N–H and O–H groups in total. The van der Waals surface area contributed by atoms with Crippen LogP contribution in [0.2, 0.25) is 0 Å². The van der Waals surface area contributed by atoms with Crippen LogP contribution in [0.3, 0.4) is 0 Å². The predicted octanol–water partition coefficient (Wildman–Crippen LogP) is 5.66. The number of pyridine rings is 1. The average Bonchev–Trinajstić information content (AvgIpc) is 2.84. The number of nitrogens with zero attached hydrogens (tertiary/aromatic N) is 3. The normalized spacial score (nSPS) is 13.0. The molecule has 1 atom stereocenters. The molecule has 32 heavy (non-hydrogen) atoms. The van der Waals surface area contributed by atoms with Gasteiger partial charge in [0.1, 0.15) is 18.2 Å². The van der Waals surface area contributed by atoms with Gasteiger partial charge in [-0.1, -0.05) is 63.2 Å². The molecule has 162 valence electrons. The van der Waals surface area contributed by atoms with Crippen LogP contribution in [-0.2, 0) is 12.0 Å². The van der Waals surface area contributed by atoms with Gasteiger partial charge in [0.25, 0.3) is 0 Å². The van der Waals surface area contributed by atoms with Crippen LogP contribution in [0.4, 0.5) is 5.82 Å². The van der Waals surface area contributed by atoms with Gasteiger partial charge in [-0.2, -0.15) is 0 Å². The number of aromatic nitrogens is 3. The van der Waals surface area contributed by atoms with Crippen molar-refractivity contribution < 1.29 is 4.74 Å². The molecule has 0 spiro atoms. The number of nitrogen functional groups attached to an aromatic ring is 1. The standard InChI is InChI=1S/C27H28N4O/c1-19(2)27(3,21-9-7-20(8-10-21)25-16-31-26(28)17-30-25)22-11-13-24(14-12-22)32-18-23-6-4-5-15-29-23/h4-17,19H,18H2,1-3H3,(H2,28,31). The van der Waals surface area contributed by atoms with Gasteiger partial charge in [-0.25, -0.2) is 4.98 Å². The minimum absolute atomic E-state index is 0.148. The third kappa shape index (κ3) is 4.47. The first kappa shape index (κ1) is 21.5. The first-order valence-electron chi connectivity index (χ1n) is 10.8. The van der Waals surface area contributed by atoms with Crippen LogP contribution in [0.25, 0.3) is 11.3 Å². The Morgan fingerprint density at radius 1 is 0.844 bits per heavy atom. The maximum absolute atomic E-state index is 5.91. The van der Waals surface area contributed by atoms with Crippen molar-refractivity contribution in [1.29, 1.82) is 0 Å². The van der Waals surface area contributed by atoms with Gasteiger partial charge in [0.15, 0.2) is 0 Å². The molecule has 5 nitrogen and oxygen atoms in total. The molecule has 0 radical (unpaired) electrons. The lowest BCUT2D eigenvalue weighted by Gasteiger charge is -2.35. The highest BCUT2D eigenvalue weighted by molar-refractivity contribution is 5.60. The van der Waals surface area contributed by atoms with Gasteiger partial charge < -0.3 is 10.5 Å². The number of hydrogen-bond donors (Lipinski definition) is 1. The van der Waals surface area contributed by atoms with Gasteiger partial charge in [-0.05, 0) is 41.3 Å². The summed E-state index contributed by atoms with van der Waals surface area (Å²) in [5.74, 6) is 1.65. The molecule has 2 aromatic heterocycles. The van der Waals surface area contributed by atoms with Crippen molar-refractivity contribution in [2.75, 3.05) is 5.73 Å². The topological polar surface area (TPSA) is 73.9 Å². The molecule has 5 heteroatoms. The van der Waals surface area contributed by atoms with Crippen molar-refractivity contribution in [3.05, 3.63) is 102 Å². The molecule has 0 bridgehead atoms. The molecule has 0 saturated heterocycles. The quantitative estimate of drug-likeness (QED) is 0.414. The Morgan fingerprint density at radius 2 is 1.53 bits per heavy atom. The number of benzene rings is 2. The van der Waals surface area contributed by atoms with E-state index in [0.29, 0.717) is 18.3 Å². The molecule has 0 aliphatic carbocycles. The summed E-state index contributed by atoms with van der Waals surface area (Å²) in [5.41, 5.74) is 10.8. The summed E-state index contributed by atoms with van der Waals surface area (Å²) in [5, 5.41) is 0. The van der Waals surface area contributed by atoms with Gasteiger partial charge in [0, 0.05) is 17.2 Å². The third-order valence-corrected chi connectivity index (χ3v) is 6.17. The summed E-state index contributed by atoms with van der Waals surface area (Å²) in [4.78, 5) is 12.8. The third-order valence-electron chi connectivity index (χ3n) is 6.17. The largest absolute Gasteiger partial charge is 0.487 e. The molecule has 0 amide bonds. The van der Waals surface area contributed by atoms with Crippen LogP contribution in [0, 0.1) is 5.92 Å². The van der Waals surface area contributed by atoms with Crippen LogP contribution in [-0.4, -0.2) is 15.0 Å². The first-order chi connectivity index (χ1) is 15.5. The van der Waals surface area contributed by atoms with Crippen LogP contribution in [0.5, 0.6) is 5.75 Å². The SMILES string of the molecule is CC(C)C(C)(c1ccc(OCc2ccccn2)cc1)c1ccc(-c2cnc(N)cn2)cc1. The van der Waals surface area contributed by atoms with Crippen molar-refractivity contribution in [2.45, 2.75) is 32.8 Å². The fraction of sp³-hybridized carbons (Fsp3) is 0.222. The minimum atomic E-state index is -0.148. The number of nitrogens with two attached hydrogens (primary N) is 1. The lowest BCUT2D eigenvalue weighted by atomic mass is 9.68. The van der Waals surface area contributed by atoms with Crippen molar-refractivity contribution in [3.63, 3.8) is 0 Å². The fourth-order valence-corrected chi connectivity index (χ4v) is 3.85. The fourth-order valence-electron chi connectivity index (χ4n) is 3.85. The van der Waals surface area contributed by atoms with E-state index in [1.165, 1.54) is 11.1 Å². The first-order valence-corrected chi connectivity index (χ1v) is 10.8. The van der Waals surface area contributed by atoms with E-state index < -0.39 is 0 Å². The lowest BCUT2D eigenvalue weighted by Crippen LogP contribution is -2.30. The Hall–Kier alpha value is -3.73. The highest BCUT2D eigenvalue weighted by atomic mass is 16.5. The van der Waals surface area contributed by atoms with Gasteiger partial charge in [0.05, 0.1) is 23.8 Å². The van der Waals surface area contributed by atoms with E-state index in [-0.39, 0.29) is 5.41 Å². The zero-order chi connectivity index (χ0) is 22.6. The van der Waals surface area contributed by atoms with Crippen LogP contribution in [0.15, 0.2) is 85.3 Å². The maximum Gasteiger partial charge on any atom is 0.141 e. The number of rotatable bonds is 7. The zero-order valence-corrected chi connectivity index (χ0v) is 18.7. The van der Waals surface area contributed by atoms with E-state index in [0.717, 1.165) is 22.7 Å². The second-order valence-corrected chi connectivity index (χ2v) is 8.40. The molecular weight excluding hydrogens is 396 g/mol. The van der Waals surface area contributed by atoms with Gasteiger partial charge in [-0.15, -0.1) is 0 Å². The van der Waals surface area contributed by atoms with Crippen LogP contribution >= 0.6 is 0 Å². The van der Waals surface area contributed by atoms with Crippen molar-refractivity contribution >= 4 is 5.82 Å². The summed E-state index contributed by atoms with van der Waals surface area (Å²) in [6.07, 6.45) is 5.07. The van der Waals surface area contributed by atoms with E-state index in [4.69, 9.17) is 10.5 Å². The maximum atomic E-state index is 5.91. The second kappa shape index (κ2) is 9.18. The summed E-state index contributed by atoms with van der Waals surface area (Å²) in [7, 11) is 0. The minimum Gasteiger partial charge on any atom is -0.487 e. The Balaban J connectivity index is 1.55. The number of ether oxygens (including phenoxy) is 1. The van der Waals surface area contributed by atoms with Crippen molar-refractivity contribution in [1.82, 2.24) is 15.0 Å². The molecule has 2 aromatic carbocycles. The van der Waals surface area contributed by atoms with E-state index >= 15 is 0 Å². The van der Waals surface area contributed by atoms with Gasteiger partial charge >= 0.3 is 0 Å². The summed E-state index contributed by atoms with van der Waals surface area (Å²) in [6, 6.07) is 22.8. The van der Waals surface area contributed by atoms with Crippen LogP contribution < -0.4 is 10.5 Å². The predicted molar refractivity (Wildman–Crippen MR) is 128 cm³/mol. The molecule has 4 rings (SSSR count). The van der Waals surface area contributed by atoms with Gasteiger partial charge in [0.2, 0.25) is 0 Å².